The van der Waals surface area contributed by atoms with Gasteiger partial charge in [-0.15, -0.1) is 34.4 Å². The SMILES string of the molecule is C.C.O=C(O)C1CSC(c2nc3ccc(O)cc3s2)=N1.Oc1ccc2nc(C3=NC(O)CS3)sc2c1. The Morgan fingerprint density at radius 2 is 1.31 bits per heavy atom. The summed E-state index contributed by atoms with van der Waals surface area (Å²) < 4.78 is 1.80. The van der Waals surface area contributed by atoms with E-state index in [0.29, 0.717) is 21.6 Å². The van der Waals surface area contributed by atoms with Crippen molar-refractivity contribution in [1.29, 1.82) is 0 Å². The lowest BCUT2D eigenvalue weighted by molar-refractivity contribution is -0.137. The summed E-state index contributed by atoms with van der Waals surface area (Å²) in [4.78, 5) is 27.9. The highest BCUT2D eigenvalue weighted by atomic mass is 32.2. The zero-order valence-corrected chi connectivity index (χ0v) is 20.4. The van der Waals surface area contributed by atoms with Crippen molar-refractivity contribution in [1.82, 2.24) is 9.97 Å². The molecule has 9 nitrogen and oxygen atoms in total. The highest BCUT2D eigenvalue weighted by molar-refractivity contribution is 8.15. The summed E-state index contributed by atoms with van der Waals surface area (Å²) >= 11 is 5.80. The molecule has 36 heavy (non-hydrogen) atoms. The van der Waals surface area contributed by atoms with Gasteiger partial charge in [-0.1, -0.05) is 26.6 Å². The number of thiazole rings is 2. The lowest BCUT2D eigenvalue weighted by Crippen LogP contribution is -2.17. The number of aliphatic hydroxyl groups is 1. The number of aliphatic carboxylic acids is 1. The topological polar surface area (TPSA) is 148 Å². The van der Waals surface area contributed by atoms with Gasteiger partial charge in [-0.3, -0.25) is 4.99 Å². The van der Waals surface area contributed by atoms with E-state index in [0.717, 1.165) is 30.5 Å². The molecule has 4 aromatic rings. The number of carbonyl (C=O) groups is 1. The number of aliphatic imine (C=N–C) groups is 2. The number of carboxylic acids is 1. The Bertz CT molecular complexity index is 1470. The Balaban J connectivity index is 0.000000191. The van der Waals surface area contributed by atoms with E-state index in [-0.39, 0.29) is 26.4 Å². The van der Waals surface area contributed by atoms with Crippen LogP contribution in [0.4, 0.5) is 0 Å². The number of benzene rings is 2. The van der Waals surface area contributed by atoms with Gasteiger partial charge in [-0.05, 0) is 36.4 Å². The van der Waals surface area contributed by atoms with Crippen LogP contribution >= 0.6 is 46.2 Å². The van der Waals surface area contributed by atoms with E-state index in [1.54, 1.807) is 36.4 Å². The monoisotopic (exact) mass is 564 g/mol. The molecule has 2 unspecified atom stereocenters. The number of aromatic hydroxyl groups is 2. The smallest absolute Gasteiger partial charge is 0.329 e. The summed E-state index contributed by atoms with van der Waals surface area (Å²) in [6.45, 7) is 0. The van der Waals surface area contributed by atoms with E-state index in [9.17, 15) is 20.1 Å². The minimum absolute atomic E-state index is 0. The van der Waals surface area contributed by atoms with Crippen molar-refractivity contribution in [2.45, 2.75) is 27.1 Å². The van der Waals surface area contributed by atoms with Crippen molar-refractivity contribution in [3.63, 3.8) is 0 Å². The lowest BCUT2D eigenvalue weighted by atomic mass is 10.3. The molecule has 2 atom stereocenters. The van der Waals surface area contributed by atoms with E-state index >= 15 is 0 Å². The number of hydrogen-bond donors (Lipinski definition) is 4. The molecule has 0 saturated carbocycles. The molecular formula is C23H24N4O5S4. The minimum atomic E-state index is -0.906. The largest absolute Gasteiger partial charge is 0.508 e. The second-order valence-electron chi connectivity index (χ2n) is 7.17. The van der Waals surface area contributed by atoms with Gasteiger partial charge in [0.2, 0.25) is 0 Å². The van der Waals surface area contributed by atoms with E-state index in [1.807, 2.05) is 0 Å². The van der Waals surface area contributed by atoms with Gasteiger partial charge in [0.1, 0.15) is 31.6 Å². The Kier molecular flexibility index (Phi) is 8.95. The summed E-state index contributed by atoms with van der Waals surface area (Å²) in [6.07, 6.45) is -0.611. The van der Waals surface area contributed by atoms with Gasteiger partial charge in [0.25, 0.3) is 0 Å². The van der Waals surface area contributed by atoms with Crippen molar-refractivity contribution < 1.29 is 25.2 Å². The molecule has 6 rings (SSSR count). The predicted molar refractivity (Wildman–Crippen MR) is 151 cm³/mol. The molecule has 0 aliphatic carbocycles. The third-order valence-electron chi connectivity index (χ3n) is 4.68. The summed E-state index contributed by atoms with van der Waals surface area (Å²) in [5.74, 6) is 0.574. The fourth-order valence-electron chi connectivity index (χ4n) is 3.11. The fourth-order valence-corrected chi connectivity index (χ4v) is 7.14. The molecule has 0 fully saturated rings. The molecule has 0 bridgehead atoms. The van der Waals surface area contributed by atoms with Gasteiger partial charge < -0.3 is 20.4 Å². The molecule has 0 saturated heterocycles. The number of carboxylic acid groups (broad SMARTS) is 1. The average Bonchev–Trinajstić information content (AvgIpc) is 3.58. The number of hydrogen-bond acceptors (Lipinski definition) is 12. The molecule has 0 radical (unpaired) electrons. The fraction of sp³-hybridized carbons (Fsp3) is 0.261. The van der Waals surface area contributed by atoms with Gasteiger partial charge in [-0.2, -0.15) is 0 Å². The first-order chi connectivity index (χ1) is 16.4. The van der Waals surface area contributed by atoms with Crippen LogP contribution in [0.25, 0.3) is 20.4 Å². The zero-order valence-electron chi connectivity index (χ0n) is 17.2. The molecule has 4 heterocycles. The molecule has 2 aliphatic heterocycles. The molecule has 2 aromatic carbocycles. The van der Waals surface area contributed by atoms with Gasteiger partial charge >= 0.3 is 5.97 Å². The van der Waals surface area contributed by atoms with E-state index in [1.165, 1.54) is 46.2 Å². The maximum atomic E-state index is 10.8. The molecular weight excluding hydrogens is 541 g/mol. The Labute approximate surface area is 223 Å². The normalized spacial score (nSPS) is 18.6. The number of nitrogens with zero attached hydrogens (tertiary/aromatic N) is 4. The molecule has 0 amide bonds. The first-order valence-electron chi connectivity index (χ1n) is 9.87. The number of fused-ring (bicyclic) bond motifs is 2. The summed E-state index contributed by atoms with van der Waals surface area (Å²) in [7, 11) is 0. The number of phenols is 2. The van der Waals surface area contributed by atoms with Gasteiger partial charge in [-0.25, -0.2) is 19.8 Å². The van der Waals surface area contributed by atoms with Crippen molar-refractivity contribution in [3.8, 4) is 11.5 Å². The van der Waals surface area contributed by atoms with Crippen LogP contribution in [0.3, 0.4) is 0 Å². The molecule has 190 valence electrons. The van der Waals surface area contributed by atoms with Crippen molar-refractivity contribution in [3.05, 3.63) is 46.4 Å². The second-order valence-corrected chi connectivity index (χ2v) is 11.2. The Morgan fingerprint density at radius 3 is 1.75 bits per heavy atom. The number of aromatic nitrogens is 2. The van der Waals surface area contributed by atoms with Crippen LogP contribution in [0.5, 0.6) is 11.5 Å². The second kappa shape index (κ2) is 11.6. The molecule has 2 aliphatic rings. The summed E-state index contributed by atoms with van der Waals surface area (Å²) in [6, 6.07) is 9.37. The number of phenolic OH excluding ortho intramolecular Hbond substituents is 2. The van der Waals surface area contributed by atoms with E-state index in [2.05, 4.69) is 20.0 Å². The standard InChI is InChI=1S/C11H8N2O3S2.C10H8N2O2S2.2CH4/c14-5-1-2-6-8(3-5)18-10(12-6)9-13-7(4-17-9)11(15)16;13-5-1-2-6-7(3-5)16-10(11-6)9-12-8(14)4-15-9;;/h1-3,7,14H,4H2,(H,15,16);1-3,8,13-14H,4H2;2*1H4. The van der Waals surface area contributed by atoms with E-state index < -0.39 is 18.2 Å². The van der Waals surface area contributed by atoms with Gasteiger partial charge in [0, 0.05) is 11.5 Å². The predicted octanol–water partition coefficient (Wildman–Crippen LogP) is 5.03. The zero-order chi connectivity index (χ0) is 23.8. The van der Waals surface area contributed by atoms with Crippen molar-refractivity contribution in [2.75, 3.05) is 11.5 Å². The van der Waals surface area contributed by atoms with Crippen LogP contribution in [0, 0.1) is 0 Å². The highest BCUT2D eigenvalue weighted by Crippen LogP contribution is 2.32. The third kappa shape index (κ3) is 5.98. The van der Waals surface area contributed by atoms with Crippen LogP contribution < -0.4 is 0 Å². The first kappa shape index (κ1) is 27.9. The highest BCUT2D eigenvalue weighted by Gasteiger charge is 2.27. The summed E-state index contributed by atoms with van der Waals surface area (Å²) in [5.41, 5.74) is 1.64. The quantitative estimate of drug-likeness (QED) is 0.269. The van der Waals surface area contributed by atoms with E-state index in [4.69, 9.17) is 5.11 Å². The van der Waals surface area contributed by atoms with Crippen LogP contribution in [-0.4, -0.2) is 70.2 Å². The molecule has 13 heteroatoms. The average molecular weight is 565 g/mol. The first-order valence-corrected chi connectivity index (χ1v) is 13.5. The van der Waals surface area contributed by atoms with Gasteiger partial charge in [0.15, 0.2) is 12.3 Å². The molecule has 4 N–H and O–H groups in total. The van der Waals surface area contributed by atoms with Crippen LogP contribution in [-0.2, 0) is 4.79 Å². The molecule has 0 spiro atoms. The van der Waals surface area contributed by atoms with Crippen LogP contribution in [0.15, 0.2) is 46.4 Å². The number of thioether (sulfide) groups is 2. The van der Waals surface area contributed by atoms with Crippen molar-refractivity contribution in [2.24, 2.45) is 9.98 Å². The van der Waals surface area contributed by atoms with Gasteiger partial charge in [0.05, 0.1) is 20.4 Å². The van der Waals surface area contributed by atoms with Crippen LogP contribution in [0.2, 0.25) is 0 Å². The third-order valence-corrected chi connectivity index (χ3v) is 9.08. The lowest BCUT2D eigenvalue weighted by Gasteiger charge is -1.93. The summed E-state index contributed by atoms with van der Waals surface area (Å²) in [5, 5.41) is 39.9. The Morgan fingerprint density at radius 1 is 0.806 bits per heavy atom. The van der Waals surface area contributed by atoms with Crippen LogP contribution in [0.1, 0.15) is 24.9 Å². The maximum absolute atomic E-state index is 10.8. The molecule has 2 aromatic heterocycles. The minimum Gasteiger partial charge on any atom is -0.508 e. The number of aliphatic hydroxyl groups excluding tert-OH is 1. The Hall–Kier alpha value is -2.71. The van der Waals surface area contributed by atoms with Crippen molar-refractivity contribution >= 4 is 82.7 Å². The number of rotatable bonds is 3. The maximum Gasteiger partial charge on any atom is 0.329 e.